The van der Waals surface area contributed by atoms with Crippen molar-refractivity contribution in [2.24, 2.45) is 11.8 Å². The average molecular weight is 244 g/mol. The van der Waals surface area contributed by atoms with E-state index in [9.17, 15) is 0 Å². The monoisotopic (exact) mass is 244 g/mol. The normalized spacial score (nSPS) is 14.6. The molecule has 2 atom stereocenters. The highest BCUT2D eigenvalue weighted by Gasteiger charge is 2.16. The van der Waals surface area contributed by atoms with Crippen LogP contribution in [0, 0.1) is 5.92 Å². The fourth-order valence-corrected chi connectivity index (χ4v) is 2.15. The molecule has 2 aromatic rings. The summed E-state index contributed by atoms with van der Waals surface area (Å²) < 4.78 is 0. The molecular weight excluding hydrogens is 224 g/mol. The zero-order chi connectivity index (χ0) is 13.0. The number of nitrogens with zero attached hydrogens (tertiary/aromatic N) is 2. The fourth-order valence-electron chi connectivity index (χ4n) is 2.15. The molecule has 0 fully saturated rings. The van der Waals surface area contributed by atoms with Crippen LogP contribution in [-0.2, 0) is 0 Å². The molecule has 0 spiro atoms. The molecule has 0 amide bonds. The van der Waals surface area contributed by atoms with Crippen molar-refractivity contribution < 1.29 is 0 Å². The summed E-state index contributed by atoms with van der Waals surface area (Å²) in [7, 11) is 0. The smallest absolute Gasteiger partial charge is 0.0935 e. The number of nitrogens with two attached hydrogens (primary N) is 1. The van der Waals surface area contributed by atoms with Gasteiger partial charge in [-0.1, -0.05) is 32.4 Å². The summed E-state index contributed by atoms with van der Waals surface area (Å²) in [5.41, 5.74) is 5.89. The number of rotatable bonds is 5. The zero-order valence-electron chi connectivity index (χ0n) is 10.9. The number of benzene rings is 1. The second-order valence-electron chi connectivity index (χ2n) is 4.74. The minimum Gasteiger partial charge on any atom is -0.271 e. The van der Waals surface area contributed by atoms with Gasteiger partial charge in [-0.05, 0) is 24.0 Å². The molecule has 1 aromatic heterocycles. The van der Waals surface area contributed by atoms with E-state index in [-0.39, 0.29) is 6.04 Å². The van der Waals surface area contributed by atoms with Gasteiger partial charge in [-0.25, -0.2) is 0 Å². The SMILES string of the molecule is CCC(C)CC(NN)c1cccc2nccnc12. The van der Waals surface area contributed by atoms with Crippen molar-refractivity contribution in [2.75, 3.05) is 0 Å². The van der Waals surface area contributed by atoms with E-state index in [1.807, 2.05) is 12.1 Å². The van der Waals surface area contributed by atoms with Gasteiger partial charge in [-0.3, -0.25) is 21.2 Å². The van der Waals surface area contributed by atoms with Gasteiger partial charge in [0.1, 0.15) is 0 Å². The minimum atomic E-state index is 0.125. The molecule has 0 aliphatic heterocycles. The van der Waals surface area contributed by atoms with Crippen molar-refractivity contribution in [3.05, 3.63) is 36.2 Å². The van der Waals surface area contributed by atoms with Crippen molar-refractivity contribution in [3.63, 3.8) is 0 Å². The number of hydrazine groups is 1. The Kier molecular flexibility index (Phi) is 4.23. The summed E-state index contributed by atoms with van der Waals surface area (Å²) in [6.45, 7) is 4.43. The van der Waals surface area contributed by atoms with Gasteiger partial charge in [0.2, 0.25) is 0 Å². The van der Waals surface area contributed by atoms with Gasteiger partial charge in [0.15, 0.2) is 0 Å². The van der Waals surface area contributed by atoms with E-state index in [0.29, 0.717) is 5.92 Å². The molecule has 2 rings (SSSR count). The average Bonchev–Trinajstić information content (AvgIpc) is 2.44. The van der Waals surface area contributed by atoms with E-state index in [1.165, 1.54) is 0 Å². The summed E-state index contributed by atoms with van der Waals surface area (Å²) in [6, 6.07) is 6.18. The Hall–Kier alpha value is -1.52. The van der Waals surface area contributed by atoms with Crippen LogP contribution in [0.2, 0.25) is 0 Å². The standard InChI is InChI=1S/C14H20N4/c1-3-10(2)9-13(18-15)11-5-4-6-12-14(11)17-8-7-16-12/h4-8,10,13,18H,3,9,15H2,1-2H3. The first-order valence-electron chi connectivity index (χ1n) is 6.42. The summed E-state index contributed by atoms with van der Waals surface area (Å²) in [5, 5.41) is 0. The number of hydrogen-bond donors (Lipinski definition) is 2. The first kappa shape index (κ1) is 12.9. The van der Waals surface area contributed by atoms with Crippen LogP contribution >= 0.6 is 0 Å². The first-order chi connectivity index (χ1) is 8.76. The maximum atomic E-state index is 5.70. The predicted molar refractivity (Wildman–Crippen MR) is 73.7 cm³/mol. The molecule has 0 bridgehead atoms. The van der Waals surface area contributed by atoms with Crippen LogP contribution in [0.4, 0.5) is 0 Å². The Bertz CT molecular complexity index is 507. The lowest BCUT2D eigenvalue weighted by atomic mass is 9.94. The molecule has 18 heavy (non-hydrogen) atoms. The predicted octanol–water partition coefficient (Wildman–Crippen LogP) is 2.57. The van der Waals surface area contributed by atoms with E-state index in [1.54, 1.807) is 12.4 Å². The van der Waals surface area contributed by atoms with E-state index in [0.717, 1.165) is 29.4 Å². The highest BCUT2D eigenvalue weighted by molar-refractivity contribution is 5.78. The zero-order valence-corrected chi connectivity index (χ0v) is 10.9. The summed E-state index contributed by atoms with van der Waals surface area (Å²) in [5.74, 6) is 6.32. The second kappa shape index (κ2) is 5.89. The van der Waals surface area contributed by atoms with Crippen LogP contribution in [0.3, 0.4) is 0 Å². The van der Waals surface area contributed by atoms with E-state index in [4.69, 9.17) is 5.84 Å². The molecule has 0 radical (unpaired) electrons. The second-order valence-corrected chi connectivity index (χ2v) is 4.74. The lowest BCUT2D eigenvalue weighted by molar-refractivity contribution is 0.409. The van der Waals surface area contributed by atoms with Gasteiger partial charge in [0.05, 0.1) is 11.0 Å². The van der Waals surface area contributed by atoms with Crippen molar-refractivity contribution in [1.29, 1.82) is 0 Å². The Morgan fingerprint density at radius 3 is 2.78 bits per heavy atom. The number of para-hydroxylation sites is 1. The van der Waals surface area contributed by atoms with Crippen LogP contribution in [0.1, 0.15) is 38.3 Å². The van der Waals surface area contributed by atoms with Gasteiger partial charge in [-0.2, -0.15) is 0 Å². The van der Waals surface area contributed by atoms with E-state index >= 15 is 0 Å². The topological polar surface area (TPSA) is 63.8 Å². The highest BCUT2D eigenvalue weighted by atomic mass is 15.2. The minimum absolute atomic E-state index is 0.125. The molecule has 0 aliphatic carbocycles. The largest absolute Gasteiger partial charge is 0.271 e. The molecule has 0 saturated carbocycles. The van der Waals surface area contributed by atoms with Gasteiger partial charge in [0.25, 0.3) is 0 Å². The Labute approximate surface area is 108 Å². The van der Waals surface area contributed by atoms with Crippen molar-refractivity contribution >= 4 is 11.0 Å². The van der Waals surface area contributed by atoms with E-state index < -0.39 is 0 Å². The molecule has 3 N–H and O–H groups in total. The number of hydrogen-bond acceptors (Lipinski definition) is 4. The van der Waals surface area contributed by atoms with Crippen molar-refractivity contribution in [1.82, 2.24) is 15.4 Å². The molecule has 2 unspecified atom stereocenters. The lowest BCUT2D eigenvalue weighted by Crippen LogP contribution is -2.29. The number of nitrogens with one attached hydrogen (secondary N) is 1. The van der Waals surface area contributed by atoms with Crippen molar-refractivity contribution in [2.45, 2.75) is 32.7 Å². The Morgan fingerprint density at radius 2 is 2.06 bits per heavy atom. The van der Waals surface area contributed by atoms with Crippen LogP contribution in [-0.4, -0.2) is 9.97 Å². The Balaban J connectivity index is 2.38. The van der Waals surface area contributed by atoms with Gasteiger partial charge < -0.3 is 0 Å². The van der Waals surface area contributed by atoms with Crippen molar-refractivity contribution in [3.8, 4) is 0 Å². The van der Waals surface area contributed by atoms with Crippen LogP contribution < -0.4 is 11.3 Å². The maximum absolute atomic E-state index is 5.70. The Morgan fingerprint density at radius 1 is 1.28 bits per heavy atom. The third-order valence-electron chi connectivity index (χ3n) is 3.44. The summed E-state index contributed by atoms with van der Waals surface area (Å²) in [6.07, 6.45) is 5.59. The lowest BCUT2D eigenvalue weighted by Gasteiger charge is -2.20. The third kappa shape index (κ3) is 2.66. The molecule has 1 heterocycles. The fraction of sp³-hybridized carbons (Fsp3) is 0.429. The maximum Gasteiger partial charge on any atom is 0.0935 e. The molecule has 0 aliphatic rings. The number of fused-ring (bicyclic) bond motifs is 1. The van der Waals surface area contributed by atoms with Gasteiger partial charge in [-0.15, -0.1) is 0 Å². The molecular formula is C14H20N4. The van der Waals surface area contributed by atoms with Gasteiger partial charge in [0, 0.05) is 18.4 Å². The van der Waals surface area contributed by atoms with E-state index in [2.05, 4.69) is 35.3 Å². The van der Waals surface area contributed by atoms with Gasteiger partial charge >= 0.3 is 0 Å². The quantitative estimate of drug-likeness (QED) is 0.626. The molecule has 0 saturated heterocycles. The molecule has 4 heteroatoms. The summed E-state index contributed by atoms with van der Waals surface area (Å²) >= 11 is 0. The first-order valence-corrected chi connectivity index (χ1v) is 6.42. The molecule has 1 aromatic carbocycles. The summed E-state index contributed by atoms with van der Waals surface area (Å²) in [4.78, 5) is 8.75. The van der Waals surface area contributed by atoms with Crippen LogP contribution in [0.5, 0.6) is 0 Å². The molecule has 96 valence electrons. The van der Waals surface area contributed by atoms with Crippen LogP contribution in [0.15, 0.2) is 30.6 Å². The highest BCUT2D eigenvalue weighted by Crippen LogP contribution is 2.26. The van der Waals surface area contributed by atoms with Crippen LogP contribution in [0.25, 0.3) is 11.0 Å². The number of aromatic nitrogens is 2. The third-order valence-corrected chi connectivity index (χ3v) is 3.44. The molecule has 4 nitrogen and oxygen atoms in total.